The number of carbonyl (C=O) groups is 1. The highest BCUT2D eigenvalue weighted by Crippen LogP contribution is 2.61. The van der Waals surface area contributed by atoms with Crippen molar-refractivity contribution in [3.63, 3.8) is 0 Å². The summed E-state index contributed by atoms with van der Waals surface area (Å²) in [4.78, 5) is 25.6. The molecule has 0 spiro atoms. The van der Waals surface area contributed by atoms with Crippen LogP contribution in [-0.4, -0.2) is 46.5 Å². The summed E-state index contributed by atoms with van der Waals surface area (Å²) < 4.78 is 0. The molecule has 4 fully saturated rings. The summed E-state index contributed by atoms with van der Waals surface area (Å²) in [5.41, 5.74) is 8.08. The molecule has 0 unspecified atom stereocenters. The number of hydrogen-bond acceptors (Lipinski definition) is 8. The molecule has 1 aromatic carbocycles. The Kier molecular flexibility index (Phi) is 6.06. The van der Waals surface area contributed by atoms with Crippen LogP contribution in [0.2, 0.25) is 0 Å². The third-order valence-electron chi connectivity index (χ3n) is 8.32. The molecule has 34 heavy (non-hydrogen) atoms. The van der Waals surface area contributed by atoms with Crippen LogP contribution >= 0.6 is 0 Å². The number of aromatic nitrogens is 3. The van der Waals surface area contributed by atoms with E-state index in [1.165, 1.54) is 19.3 Å². The molecular formula is C25H36N8O. The molecule has 1 aliphatic heterocycles. The predicted octanol–water partition coefficient (Wildman–Crippen LogP) is 3.28. The van der Waals surface area contributed by atoms with Crippen molar-refractivity contribution in [3.05, 3.63) is 29.3 Å². The molecule has 9 nitrogen and oxygen atoms in total. The maximum Gasteiger partial charge on any atom is 0.248 e. The number of nitrogens with zero attached hydrogens (tertiary/aromatic N) is 3. The summed E-state index contributed by atoms with van der Waals surface area (Å²) in [6.45, 7) is 9.54. The third-order valence-corrected chi connectivity index (χ3v) is 8.32. The lowest BCUT2D eigenvalue weighted by molar-refractivity contribution is -0.100. The maximum atomic E-state index is 11.7. The van der Waals surface area contributed by atoms with Crippen LogP contribution in [0.5, 0.6) is 0 Å². The topological polar surface area (TPSA) is 130 Å². The summed E-state index contributed by atoms with van der Waals surface area (Å²) in [5.74, 6) is 3.36. The fourth-order valence-electron chi connectivity index (χ4n) is 6.00. The SMILES string of the molecule is Cc1ccc(C(N)=O)cc1Nc1nc(NC[C@@H]2CC[C@H]3C[C@@H]2C3(C)C)nc(N[C@@H]2CCNC2)n1. The minimum absolute atomic E-state index is 0.286. The summed E-state index contributed by atoms with van der Waals surface area (Å²) >= 11 is 0. The van der Waals surface area contributed by atoms with Crippen molar-refractivity contribution in [1.82, 2.24) is 20.3 Å². The van der Waals surface area contributed by atoms with Gasteiger partial charge in [-0.05, 0) is 80.0 Å². The molecular weight excluding hydrogens is 428 g/mol. The van der Waals surface area contributed by atoms with Gasteiger partial charge in [-0.15, -0.1) is 0 Å². The van der Waals surface area contributed by atoms with Crippen molar-refractivity contribution in [1.29, 1.82) is 0 Å². The van der Waals surface area contributed by atoms with Crippen molar-refractivity contribution in [2.24, 2.45) is 28.9 Å². The van der Waals surface area contributed by atoms with E-state index in [1.54, 1.807) is 12.1 Å². The number of benzene rings is 1. The molecule has 2 aromatic rings. The second-order valence-corrected chi connectivity index (χ2v) is 10.7. The Bertz CT molecular complexity index is 1060. The number of rotatable bonds is 8. The zero-order valence-corrected chi connectivity index (χ0v) is 20.3. The van der Waals surface area contributed by atoms with Gasteiger partial charge < -0.3 is 27.0 Å². The van der Waals surface area contributed by atoms with Gasteiger partial charge in [-0.2, -0.15) is 15.0 Å². The normalized spacial score (nSPS) is 27.0. The summed E-state index contributed by atoms with van der Waals surface area (Å²) in [7, 11) is 0. The van der Waals surface area contributed by atoms with E-state index in [2.05, 4.69) is 50.1 Å². The van der Waals surface area contributed by atoms with Crippen LogP contribution in [-0.2, 0) is 0 Å². The average molecular weight is 465 g/mol. The van der Waals surface area contributed by atoms with E-state index in [0.717, 1.165) is 49.1 Å². The minimum Gasteiger partial charge on any atom is -0.366 e. The molecule has 2 bridgehead atoms. The Morgan fingerprint density at radius 2 is 1.94 bits per heavy atom. The number of aryl methyl sites for hydroxylation is 1. The van der Waals surface area contributed by atoms with Crippen molar-refractivity contribution in [3.8, 4) is 0 Å². The van der Waals surface area contributed by atoms with Crippen LogP contribution in [0.3, 0.4) is 0 Å². The molecule has 1 aromatic heterocycles. The summed E-state index contributed by atoms with van der Waals surface area (Å²) in [5, 5.41) is 13.6. The molecule has 4 aliphatic rings. The second-order valence-electron chi connectivity index (χ2n) is 10.7. The van der Waals surface area contributed by atoms with Crippen LogP contribution in [0.25, 0.3) is 0 Å². The fourth-order valence-corrected chi connectivity index (χ4v) is 6.00. The average Bonchev–Trinajstić information content (AvgIpc) is 3.32. The number of primary amides is 1. The predicted molar refractivity (Wildman–Crippen MR) is 134 cm³/mol. The van der Waals surface area contributed by atoms with Crippen LogP contribution < -0.4 is 27.0 Å². The van der Waals surface area contributed by atoms with Gasteiger partial charge in [0, 0.05) is 30.4 Å². The third kappa shape index (κ3) is 4.53. The molecule has 182 valence electrons. The van der Waals surface area contributed by atoms with E-state index in [4.69, 9.17) is 5.73 Å². The zero-order valence-electron chi connectivity index (χ0n) is 20.3. The Morgan fingerprint density at radius 3 is 2.65 bits per heavy atom. The monoisotopic (exact) mass is 464 g/mol. The van der Waals surface area contributed by atoms with E-state index < -0.39 is 5.91 Å². The van der Waals surface area contributed by atoms with Gasteiger partial charge in [0.2, 0.25) is 23.8 Å². The standard InChI is InChI=1S/C25H36N8O/c1-14-4-5-15(21(26)34)10-20(14)30-24-32-22(31-23(33-24)29-18-8-9-27-13-18)28-12-16-6-7-17-11-19(16)25(17,2)3/h4-5,10,16-19,27H,6-9,11-13H2,1-3H3,(H2,26,34)(H3,28,29,30,31,32,33)/t16-,17-,18+,19-/m0/s1. The van der Waals surface area contributed by atoms with Gasteiger partial charge in [-0.1, -0.05) is 19.9 Å². The lowest BCUT2D eigenvalue weighted by atomic mass is 9.45. The molecule has 6 N–H and O–H groups in total. The highest BCUT2D eigenvalue weighted by atomic mass is 16.1. The first-order valence-electron chi connectivity index (χ1n) is 12.4. The molecule has 0 radical (unpaired) electrons. The second kappa shape index (κ2) is 9.02. The lowest BCUT2D eigenvalue weighted by Crippen LogP contribution is -2.53. The Labute approximate surface area is 201 Å². The van der Waals surface area contributed by atoms with Crippen molar-refractivity contribution >= 4 is 29.4 Å². The Balaban J connectivity index is 1.36. The minimum atomic E-state index is -0.467. The first-order valence-corrected chi connectivity index (χ1v) is 12.4. The van der Waals surface area contributed by atoms with Crippen molar-refractivity contribution in [2.45, 2.75) is 52.5 Å². The maximum absolute atomic E-state index is 11.7. The van der Waals surface area contributed by atoms with Gasteiger partial charge in [0.1, 0.15) is 0 Å². The highest BCUT2D eigenvalue weighted by molar-refractivity contribution is 5.94. The van der Waals surface area contributed by atoms with Crippen LogP contribution in [0.1, 0.15) is 55.5 Å². The number of amides is 1. The van der Waals surface area contributed by atoms with Crippen molar-refractivity contribution < 1.29 is 4.79 Å². The summed E-state index contributed by atoms with van der Waals surface area (Å²) in [6, 6.07) is 5.61. The van der Waals surface area contributed by atoms with Gasteiger partial charge in [-0.25, -0.2) is 0 Å². The zero-order chi connectivity index (χ0) is 23.9. The van der Waals surface area contributed by atoms with Gasteiger partial charge in [0.05, 0.1) is 0 Å². The van der Waals surface area contributed by atoms with Crippen LogP contribution in [0, 0.1) is 30.1 Å². The molecule has 9 heteroatoms. The highest BCUT2D eigenvalue weighted by Gasteiger charge is 2.53. The number of nitrogens with two attached hydrogens (primary N) is 1. The number of carbonyl (C=O) groups excluding carboxylic acids is 1. The molecule has 6 rings (SSSR count). The quantitative estimate of drug-likeness (QED) is 0.402. The van der Waals surface area contributed by atoms with E-state index in [-0.39, 0.29) is 6.04 Å². The van der Waals surface area contributed by atoms with Crippen LogP contribution in [0.15, 0.2) is 18.2 Å². The first-order chi connectivity index (χ1) is 16.3. The van der Waals surface area contributed by atoms with Gasteiger partial charge in [-0.3, -0.25) is 4.79 Å². The molecule has 4 atom stereocenters. The van der Waals surface area contributed by atoms with E-state index >= 15 is 0 Å². The van der Waals surface area contributed by atoms with E-state index in [0.29, 0.717) is 34.7 Å². The van der Waals surface area contributed by atoms with Gasteiger partial charge >= 0.3 is 0 Å². The molecule has 3 aliphatic carbocycles. The number of nitrogens with one attached hydrogen (secondary N) is 4. The molecule has 1 saturated heterocycles. The van der Waals surface area contributed by atoms with Gasteiger partial charge in [0.25, 0.3) is 0 Å². The number of hydrogen-bond donors (Lipinski definition) is 5. The number of anilines is 4. The van der Waals surface area contributed by atoms with E-state index in [1.807, 2.05) is 13.0 Å². The van der Waals surface area contributed by atoms with Crippen molar-refractivity contribution in [2.75, 3.05) is 35.6 Å². The first kappa shape index (κ1) is 22.8. The van der Waals surface area contributed by atoms with E-state index in [9.17, 15) is 4.79 Å². The van der Waals surface area contributed by atoms with Crippen LogP contribution in [0.4, 0.5) is 23.5 Å². The molecule has 1 amide bonds. The fraction of sp³-hybridized carbons (Fsp3) is 0.600. The molecule has 2 heterocycles. The smallest absolute Gasteiger partial charge is 0.248 e. The van der Waals surface area contributed by atoms with Gasteiger partial charge in [0.15, 0.2) is 0 Å². The Morgan fingerprint density at radius 1 is 1.15 bits per heavy atom. The molecule has 3 saturated carbocycles. The largest absolute Gasteiger partial charge is 0.366 e. The number of fused-ring (bicyclic) bond motifs is 2. The Hall–Kier alpha value is -2.94. The lowest BCUT2D eigenvalue weighted by Gasteiger charge is -2.60. The summed E-state index contributed by atoms with van der Waals surface area (Å²) in [6.07, 6.45) is 4.95.